The number of nitrogens with zero attached hydrogens (tertiary/aromatic N) is 1. The van der Waals surface area contributed by atoms with E-state index in [-0.39, 0.29) is 0 Å². The molecule has 0 radical (unpaired) electrons. The Bertz CT molecular complexity index is 890. The number of aliphatic hydroxyl groups is 1. The van der Waals surface area contributed by atoms with Gasteiger partial charge in [-0.15, -0.1) is 0 Å². The lowest BCUT2D eigenvalue weighted by Crippen LogP contribution is -2.30. The summed E-state index contributed by atoms with van der Waals surface area (Å²) in [6.45, 7) is 15.6. The van der Waals surface area contributed by atoms with Crippen LogP contribution in [0.4, 0.5) is 0 Å². The van der Waals surface area contributed by atoms with Gasteiger partial charge >= 0.3 is 0 Å². The number of rotatable bonds is 5. The van der Waals surface area contributed by atoms with Gasteiger partial charge in [-0.1, -0.05) is 75.2 Å². The number of fused-ring (bicyclic) bond motifs is 1. The molecule has 0 amide bonds. The molecule has 1 atom stereocenters. The van der Waals surface area contributed by atoms with Gasteiger partial charge < -0.3 is 10.0 Å². The second-order valence-corrected chi connectivity index (χ2v) is 6.72. The van der Waals surface area contributed by atoms with Crippen molar-refractivity contribution >= 4 is 16.5 Å². The van der Waals surface area contributed by atoms with Gasteiger partial charge in [-0.3, -0.25) is 0 Å². The third kappa shape index (κ3) is 3.25. The standard InChI is InChI=1S/C24H27NO/c1-5-18-12-13-21(23-11-9-8-10-22(18)23)17(4)25-15-14-19(6-2)20(7-3)24(26)16-25/h6-13,24,26H,2-5,14-16H2,1H3. The molecule has 1 aliphatic rings. The van der Waals surface area contributed by atoms with Gasteiger partial charge in [0.05, 0.1) is 6.10 Å². The largest absolute Gasteiger partial charge is 0.387 e. The van der Waals surface area contributed by atoms with Crippen LogP contribution < -0.4 is 0 Å². The predicted octanol–water partition coefficient (Wildman–Crippen LogP) is 5.11. The number of allylic oxidation sites excluding steroid dienone is 1. The van der Waals surface area contributed by atoms with Crippen molar-refractivity contribution in [2.24, 2.45) is 0 Å². The van der Waals surface area contributed by atoms with Crippen molar-refractivity contribution < 1.29 is 5.11 Å². The first-order chi connectivity index (χ1) is 12.6. The molecule has 0 aliphatic carbocycles. The highest BCUT2D eigenvalue weighted by atomic mass is 16.3. The zero-order chi connectivity index (χ0) is 18.7. The zero-order valence-electron chi connectivity index (χ0n) is 15.5. The van der Waals surface area contributed by atoms with E-state index in [0.717, 1.165) is 41.8 Å². The van der Waals surface area contributed by atoms with E-state index in [1.165, 1.54) is 16.3 Å². The quantitative estimate of drug-likeness (QED) is 0.814. The lowest BCUT2D eigenvalue weighted by molar-refractivity contribution is 0.178. The van der Waals surface area contributed by atoms with Gasteiger partial charge in [0.15, 0.2) is 0 Å². The Hall–Kier alpha value is -2.58. The molecule has 0 aromatic heterocycles. The van der Waals surface area contributed by atoms with E-state index in [9.17, 15) is 5.11 Å². The van der Waals surface area contributed by atoms with E-state index in [0.29, 0.717) is 6.54 Å². The Morgan fingerprint density at radius 3 is 2.54 bits per heavy atom. The molecule has 2 heteroatoms. The topological polar surface area (TPSA) is 23.5 Å². The number of aliphatic hydroxyl groups excluding tert-OH is 1. The maximum absolute atomic E-state index is 10.7. The van der Waals surface area contributed by atoms with E-state index >= 15 is 0 Å². The molecule has 1 aliphatic heterocycles. The first-order valence-corrected chi connectivity index (χ1v) is 9.21. The summed E-state index contributed by atoms with van der Waals surface area (Å²) in [4.78, 5) is 2.18. The summed E-state index contributed by atoms with van der Waals surface area (Å²) in [7, 11) is 0. The summed E-state index contributed by atoms with van der Waals surface area (Å²) < 4.78 is 0. The second kappa shape index (κ2) is 7.76. The van der Waals surface area contributed by atoms with Crippen molar-refractivity contribution in [3.63, 3.8) is 0 Å². The Labute approximate surface area is 156 Å². The van der Waals surface area contributed by atoms with Gasteiger partial charge in [-0.2, -0.15) is 0 Å². The summed E-state index contributed by atoms with van der Waals surface area (Å²) in [5.41, 5.74) is 5.37. The smallest absolute Gasteiger partial charge is 0.0967 e. The monoisotopic (exact) mass is 345 g/mol. The fourth-order valence-electron chi connectivity index (χ4n) is 3.84. The van der Waals surface area contributed by atoms with Crippen molar-refractivity contribution in [1.29, 1.82) is 0 Å². The fourth-order valence-corrected chi connectivity index (χ4v) is 3.84. The Morgan fingerprint density at radius 1 is 1.15 bits per heavy atom. The highest BCUT2D eigenvalue weighted by Crippen LogP contribution is 2.31. The lowest BCUT2D eigenvalue weighted by Gasteiger charge is -2.28. The maximum atomic E-state index is 10.7. The van der Waals surface area contributed by atoms with Gasteiger partial charge in [0, 0.05) is 24.4 Å². The first kappa shape index (κ1) is 18.2. The van der Waals surface area contributed by atoms with Crippen LogP contribution in [0.1, 0.15) is 24.5 Å². The molecule has 26 heavy (non-hydrogen) atoms. The molecule has 1 unspecified atom stereocenters. The van der Waals surface area contributed by atoms with E-state index in [1.807, 2.05) is 6.08 Å². The van der Waals surface area contributed by atoms with Crippen molar-refractivity contribution in [2.75, 3.05) is 13.1 Å². The molecule has 0 saturated carbocycles. The van der Waals surface area contributed by atoms with Crippen LogP contribution in [-0.4, -0.2) is 29.2 Å². The third-order valence-electron chi connectivity index (χ3n) is 5.33. The Morgan fingerprint density at radius 2 is 1.88 bits per heavy atom. The van der Waals surface area contributed by atoms with Crippen molar-refractivity contribution in [2.45, 2.75) is 25.9 Å². The molecule has 0 spiro atoms. The fraction of sp³-hybridized carbons (Fsp3) is 0.250. The summed E-state index contributed by atoms with van der Waals surface area (Å²) >= 11 is 0. The molecule has 1 N–H and O–H groups in total. The summed E-state index contributed by atoms with van der Waals surface area (Å²) in [5.74, 6) is 0. The van der Waals surface area contributed by atoms with Crippen LogP contribution in [0.15, 0.2) is 79.4 Å². The van der Waals surface area contributed by atoms with Crippen LogP contribution in [0.3, 0.4) is 0 Å². The minimum atomic E-state index is -0.582. The Kier molecular flexibility index (Phi) is 5.43. The minimum Gasteiger partial charge on any atom is -0.387 e. The summed E-state index contributed by atoms with van der Waals surface area (Å²) in [6.07, 6.45) is 4.83. The number of aryl methyl sites for hydroxylation is 1. The predicted molar refractivity (Wildman–Crippen MR) is 112 cm³/mol. The van der Waals surface area contributed by atoms with Crippen LogP contribution in [0.2, 0.25) is 0 Å². The van der Waals surface area contributed by atoms with Crippen LogP contribution >= 0.6 is 0 Å². The molecule has 2 aromatic rings. The molecule has 3 rings (SSSR count). The van der Waals surface area contributed by atoms with Crippen LogP contribution in [0, 0.1) is 0 Å². The van der Waals surface area contributed by atoms with Crippen molar-refractivity contribution in [1.82, 2.24) is 4.90 Å². The summed E-state index contributed by atoms with van der Waals surface area (Å²) in [6, 6.07) is 12.8. The van der Waals surface area contributed by atoms with Gasteiger partial charge in [-0.05, 0) is 40.3 Å². The average molecular weight is 345 g/mol. The second-order valence-electron chi connectivity index (χ2n) is 6.72. The molecular formula is C24H27NO. The van der Waals surface area contributed by atoms with Crippen molar-refractivity contribution in [3.8, 4) is 0 Å². The molecule has 2 aromatic carbocycles. The molecule has 2 nitrogen and oxygen atoms in total. The van der Waals surface area contributed by atoms with E-state index in [4.69, 9.17) is 0 Å². The van der Waals surface area contributed by atoms with Crippen LogP contribution in [0.5, 0.6) is 0 Å². The van der Waals surface area contributed by atoms with E-state index in [1.54, 1.807) is 6.08 Å². The summed E-state index contributed by atoms with van der Waals surface area (Å²) in [5, 5.41) is 13.1. The highest BCUT2D eigenvalue weighted by molar-refractivity contribution is 5.95. The zero-order valence-corrected chi connectivity index (χ0v) is 15.5. The maximum Gasteiger partial charge on any atom is 0.0967 e. The van der Waals surface area contributed by atoms with Crippen LogP contribution in [0.25, 0.3) is 16.5 Å². The van der Waals surface area contributed by atoms with E-state index < -0.39 is 6.10 Å². The molecule has 0 saturated heterocycles. The number of benzene rings is 2. The SMILES string of the molecule is C=CC1=C(C=C)C(O)CN(C(=C)c2ccc(CC)c3ccccc23)CC1. The molecule has 0 fully saturated rings. The van der Waals surface area contributed by atoms with Gasteiger partial charge in [0.1, 0.15) is 0 Å². The molecule has 134 valence electrons. The van der Waals surface area contributed by atoms with Crippen molar-refractivity contribution in [3.05, 3.63) is 90.6 Å². The number of β-amino-alcohol motifs (C(OH)–C–C–N with tert-alkyl or cyclic N) is 1. The van der Waals surface area contributed by atoms with Gasteiger partial charge in [0.25, 0.3) is 0 Å². The average Bonchev–Trinajstić information content (AvgIpc) is 2.84. The third-order valence-corrected chi connectivity index (χ3v) is 5.33. The minimum absolute atomic E-state index is 0.515. The molecule has 1 heterocycles. The van der Waals surface area contributed by atoms with Crippen LogP contribution in [-0.2, 0) is 6.42 Å². The number of hydrogen-bond donors (Lipinski definition) is 1. The van der Waals surface area contributed by atoms with E-state index in [2.05, 4.69) is 68.0 Å². The highest BCUT2D eigenvalue weighted by Gasteiger charge is 2.23. The lowest BCUT2D eigenvalue weighted by atomic mass is 9.96. The van der Waals surface area contributed by atoms with Gasteiger partial charge in [-0.25, -0.2) is 0 Å². The molecule has 0 bridgehead atoms. The Balaban J connectivity index is 1.97. The molecular weight excluding hydrogens is 318 g/mol. The van der Waals surface area contributed by atoms with Gasteiger partial charge in [0.2, 0.25) is 0 Å². The normalized spacial score (nSPS) is 17.9. The number of hydrogen-bond acceptors (Lipinski definition) is 2. The first-order valence-electron chi connectivity index (χ1n) is 9.21.